The lowest BCUT2D eigenvalue weighted by molar-refractivity contribution is -0.130. The quantitative estimate of drug-likeness (QED) is 0.580. The molecule has 2 heterocycles. The minimum atomic E-state index is -0.262. The number of nitrogens with zero attached hydrogens (tertiary/aromatic N) is 3. The van der Waals surface area contributed by atoms with E-state index in [9.17, 15) is 9.59 Å². The van der Waals surface area contributed by atoms with Crippen molar-refractivity contribution in [2.45, 2.75) is 12.8 Å². The van der Waals surface area contributed by atoms with Crippen LogP contribution in [-0.2, 0) is 17.6 Å². The Morgan fingerprint density at radius 1 is 0.969 bits per heavy atom. The molecule has 0 atom stereocenters. The van der Waals surface area contributed by atoms with Crippen molar-refractivity contribution in [3.05, 3.63) is 78.1 Å². The number of hydrogen-bond acceptors (Lipinski definition) is 4. The molecule has 0 spiro atoms. The van der Waals surface area contributed by atoms with Gasteiger partial charge >= 0.3 is 6.03 Å². The number of carbonyl (C=O) groups excluding carboxylic acids is 2. The highest BCUT2D eigenvalue weighted by atomic mass is 32.2. The largest absolute Gasteiger partial charge is 0.341 e. The zero-order valence-corrected chi connectivity index (χ0v) is 18.7. The van der Waals surface area contributed by atoms with Crippen LogP contribution in [-0.4, -0.2) is 57.8 Å². The number of hydrogen-bond donors (Lipinski definition) is 2. The van der Waals surface area contributed by atoms with Crippen LogP contribution in [0.1, 0.15) is 11.3 Å². The summed E-state index contributed by atoms with van der Waals surface area (Å²) in [5.41, 5.74) is 3.56. The van der Waals surface area contributed by atoms with Crippen LogP contribution >= 0.6 is 11.8 Å². The Kier molecular flexibility index (Phi) is 7.45. The second kappa shape index (κ2) is 10.9. The molecule has 1 fully saturated rings. The maximum Gasteiger partial charge on any atom is 0.319 e. The summed E-state index contributed by atoms with van der Waals surface area (Å²) in [6.45, 7) is 2.14. The normalized spacial score (nSPS) is 13.6. The predicted octanol–water partition coefficient (Wildman–Crippen LogP) is 3.35. The lowest BCUT2D eigenvalue weighted by atomic mass is 10.1. The van der Waals surface area contributed by atoms with Gasteiger partial charge in [0.1, 0.15) is 0 Å². The number of amides is 3. The first-order chi connectivity index (χ1) is 15.7. The Bertz CT molecular complexity index is 1030. The highest BCUT2D eigenvalue weighted by molar-refractivity contribution is 7.99. The highest BCUT2D eigenvalue weighted by Crippen LogP contribution is 2.14. The number of aromatic nitrogens is 2. The molecule has 0 unspecified atom stereocenters. The third-order valence-corrected chi connectivity index (χ3v) is 6.21. The third-order valence-electron chi connectivity index (χ3n) is 5.26. The second-order valence-electron chi connectivity index (χ2n) is 7.58. The maximum atomic E-state index is 12.4. The summed E-state index contributed by atoms with van der Waals surface area (Å²) in [6, 6.07) is 19.0. The molecule has 1 aromatic heterocycles. The monoisotopic (exact) mass is 449 g/mol. The van der Waals surface area contributed by atoms with E-state index in [4.69, 9.17) is 0 Å². The first-order valence-electron chi connectivity index (χ1n) is 10.8. The number of rotatable bonds is 7. The molecule has 0 saturated carbocycles. The zero-order valence-electron chi connectivity index (χ0n) is 17.9. The van der Waals surface area contributed by atoms with E-state index in [0.717, 1.165) is 41.5 Å². The summed E-state index contributed by atoms with van der Waals surface area (Å²) < 4.78 is 1.83. The lowest BCUT2D eigenvalue weighted by Crippen LogP contribution is -2.38. The number of nitrogens with one attached hydrogen (secondary N) is 2. The average Bonchev–Trinajstić information content (AvgIpc) is 3.30. The zero-order chi connectivity index (χ0) is 22.2. The fraction of sp³-hybridized carbons (Fsp3) is 0.292. The Labute approximate surface area is 192 Å². The molecule has 0 aliphatic carbocycles. The summed E-state index contributed by atoms with van der Waals surface area (Å²) in [6.07, 6.45) is 2.96. The van der Waals surface area contributed by atoms with Gasteiger partial charge in [0.05, 0.1) is 17.8 Å². The van der Waals surface area contributed by atoms with Crippen LogP contribution in [0.2, 0.25) is 0 Å². The molecule has 166 valence electrons. The van der Waals surface area contributed by atoms with Gasteiger partial charge in [-0.1, -0.05) is 30.3 Å². The van der Waals surface area contributed by atoms with Crippen LogP contribution in [0.3, 0.4) is 0 Å². The van der Waals surface area contributed by atoms with Crippen LogP contribution in [0, 0.1) is 0 Å². The summed E-state index contributed by atoms with van der Waals surface area (Å²) in [5.74, 6) is 2.19. The van der Waals surface area contributed by atoms with Crippen molar-refractivity contribution < 1.29 is 9.59 Å². The smallest absolute Gasteiger partial charge is 0.319 e. The fourth-order valence-electron chi connectivity index (χ4n) is 3.50. The van der Waals surface area contributed by atoms with E-state index >= 15 is 0 Å². The Balaban J connectivity index is 1.20. The van der Waals surface area contributed by atoms with Gasteiger partial charge in [0.15, 0.2) is 0 Å². The summed E-state index contributed by atoms with van der Waals surface area (Å²) >= 11 is 1.89. The van der Waals surface area contributed by atoms with E-state index in [1.807, 2.05) is 88.2 Å². The third kappa shape index (κ3) is 6.13. The van der Waals surface area contributed by atoms with Crippen molar-refractivity contribution in [1.29, 1.82) is 0 Å². The lowest BCUT2D eigenvalue weighted by Gasteiger charge is -2.26. The van der Waals surface area contributed by atoms with Gasteiger partial charge in [0.2, 0.25) is 5.91 Å². The van der Waals surface area contributed by atoms with Crippen LogP contribution in [0.5, 0.6) is 0 Å². The van der Waals surface area contributed by atoms with Crippen molar-refractivity contribution >= 4 is 29.4 Å². The van der Waals surface area contributed by atoms with Crippen molar-refractivity contribution in [2.24, 2.45) is 0 Å². The molecule has 0 bridgehead atoms. The molecule has 2 aromatic carbocycles. The van der Waals surface area contributed by atoms with Crippen LogP contribution in [0.25, 0.3) is 5.69 Å². The number of carbonyl (C=O) groups is 2. The molecule has 2 N–H and O–H groups in total. The molecule has 4 rings (SSSR count). The minimum absolute atomic E-state index is 0.165. The van der Waals surface area contributed by atoms with E-state index in [1.165, 1.54) is 0 Å². The SMILES string of the molecule is O=C(NCCc1ccn(-c2ccccc2)n1)Nc1ccc(CC(=O)N2CCSCC2)cc1. The average molecular weight is 450 g/mol. The number of para-hydroxylation sites is 1. The molecular formula is C24H27N5O2S. The molecule has 3 amide bonds. The van der Waals surface area contributed by atoms with Gasteiger partial charge in [-0.05, 0) is 35.9 Å². The van der Waals surface area contributed by atoms with E-state index in [-0.39, 0.29) is 11.9 Å². The molecular weight excluding hydrogens is 422 g/mol. The van der Waals surface area contributed by atoms with Gasteiger partial charge in [0, 0.05) is 49.4 Å². The molecule has 7 nitrogen and oxygen atoms in total. The summed E-state index contributed by atoms with van der Waals surface area (Å²) in [4.78, 5) is 26.5. The fourth-order valence-corrected chi connectivity index (χ4v) is 4.41. The molecule has 32 heavy (non-hydrogen) atoms. The first kappa shape index (κ1) is 22.0. The van der Waals surface area contributed by atoms with E-state index < -0.39 is 0 Å². The van der Waals surface area contributed by atoms with E-state index in [1.54, 1.807) is 0 Å². The number of urea groups is 1. The number of anilines is 1. The topological polar surface area (TPSA) is 79.3 Å². The van der Waals surface area contributed by atoms with Gasteiger partial charge in [-0.15, -0.1) is 0 Å². The van der Waals surface area contributed by atoms with Crippen LogP contribution in [0.4, 0.5) is 10.5 Å². The van der Waals surface area contributed by atoms with Gasteiger partial charge < -0.3 is 15.5 Å². The second-order valence-corrected chi connectivity index (χ2v) is 8.81. The van der Waals surface area contributed by atoms with Crippen molar-refractivity contribution in [2.75, 3.05) is 36.5 Å². The van der Waals surface area contributed by atoms with E-state index in [2.05, 4.69) is 15.7 Å². The minimum Gasteiger partial charge on any atom is -0.341 e. The molecule has 1 saturated heterocycles. The first-order valence-corrected chi connectivity index (χ1v) is 11.9. The molecule has 3 aromatic rings. The summed E-state index contributed by atoms with van der Waals surface area (Å²) in [7, 11) is 0. The van der Waals surface area contributed by atoms with Gasteiger partial charge in [-0.25, -0.2) is 9.48 Å². The number of benzene rings is 2. The van der Waals surface area contributed by atoms with Gasteiger partial charge in [-0.2, -0.15) is 16.9 Å². The van der Waals surface area contributed by atoms with Crippen molar-refractivity contribution in [1.82, 2.24) is 20.0 Å². The number of thioether (sulfide) groups is 1. The maximum absolute atomic E-state index is 12.4. The van der Waals surface area contributed by atoms with Crippen LogP contribution < -0.4 is 10.6 Å². The Morgan fingerprint density at radius 3 is 2.47 bits per heavy atom. The molecule has 1 aliphatic heterocycles. The Morgan fingerprint density at radius 2 is 1.72 bits per heavy atom. The van der Waals surface area contributed by atoms with Gasteiger partial charge in [0.25, 0.3) is 0 Å². The standard InChI is InChI=1S/C24H27N5O2S/c30-23(28-14-16-32-17-15-28)18-19-6-8-20(9-7-19)26-24(31)25-12-10-21-11-13-29(27-21)22-4-2-1-3-5-22/h1-9,11,13H,10,12,14-18H2,(H2,25,26,31). The van der Waals surface area contributed by atoms with Crippen molar-refractivity contribution in [3.63, 3.8) is 0 Å². The molecule has 0 radical (unpaired) electrons. The predicted molar refractivity (Wildman–Crippen MR) is 128 cm³/mol. The van der Waals surface area contributed by atoms with Gasteiger partial charge in [-0.3, -0.25) is 4.79 Å². The summed E-state index contributed by atoms with van der Waals surface area (Å²) in [5, 5.41) is 10.2. The van der Waals surface area contributed by atoms with Crippen LogP contribution in [0.15, 0.2) is 66.9 Å². The van der Waals surface area contributed by atoms with Crippen molar-refractivity contribution in [3.8, 4) is 5.69 Å². The van der Waals surface area contributed by atoms with E-state index in [0.29, 0.717) is 25.1 Å². The Hall–Kier alpha value is -3.26. The highest BCUT2D eigenvalue weighted by Gasteiger charge is 2.16. The molecule has 1 aliphatic rings. The molecule has 8 heteroatoms.